The Labute approximate surface area is 151 Å². The van der Waals surface area contributed by atoms with Crippen molar-refractivity contribution in [3.8, 4) is 0 Å². The number of imide groups is 1. The van der Waals surface area contributed by atoms with Gasteiger partial charge in [0.15, 0.2) is 0 Å². The normalized spacial score (nSPS) is 16.5. The third-order valence-electron chi connectivity index (χ3n) is 5.00. The average molecular weight is 345 g/mol. The van der Waals surface area contributed by atoms with E-state index in [-0.39, 0.29) is 18.5 Å². The van der Waals surface area contributed by atoms with Crippen molar-refractivity contribution in [1.82, 2.24) is 16.0 Å². The van der Waals surface area contributed by atoms with Crippen LogP contribution >= 0.6 is 0 Å². The molecule has 1 aromatic carbocycles. The molecule has 0 bridgehead atoms. The molecule has 3 amide bonds. The monoisotopic (exact) mass is 345 g/mol. The maximum absolute atomic E-state index is 11.8. The molecule has 0 aliphatic heterocycles. The Kier molecular flexibility index (Phi) is 7.44. The number of urea groups is 1. The van der Waals surface area contributed by atoms with Crippen LogP contribution in [0.1, 0.15) is 69.0 Å². The maximum atomic E-state index is 11.8. The van der Waals surface area contributed by atoms with Crippen molar-refractivity contribution < 1.29 is 9.59 Å². The van der Waals surface area contributed by atoms with E-state index in [9.17, 15) is 9.59 Å². The lowest BCUT2D eigenvalue weighted by atomic mass is 9.83. The first-order valence-electron chi connectivity index (χ1n) is 9.36. The second-order valence-electron chi connectivity index (χ2n) is 7.23. The van der Waals surface area contributed by atoms with Crippen molar-refractivity contribution in [1.29, 1.82) is 0 Å². The molecule has 1 aromatic rings. The number of hydrogen-bond acceptors (Lipinski definition) is 3. The molecule has 138 valence electrons. The third-order valence-corrected chi connectivity index (χ3v) is 5.00. The summed E-state index contributed by atoms with van der Waals surface area (Å²) in [4.78, 5) is 23.0. The standard InChI is InChI=1S/C20H31N3O2/c1-14(2)19(22-13-18(24)23-20(25)21-3)17-11-9-16(10-12-17)15-7-5-4-6-8-15/h9-12,14-15,19,22H,4-8,13H2,1-3H3,(H2,21,23,24,25)/t19-/m0/s1. The summed E-state index contributed by atoms with van der Waals surface area (Å²) in [5.41, 5.74) is 2.62. The zero-order valence-corrected chi connectivity index (χ0v) is 15.6. The first-order valence-corrected chi connectivity index (χ1v) is 9.36. The highest BCUT2D eigenvalue weighted by molar-refractivity contribution is 5.95. The minimum absolute atomic E-state index is 0.0795. The molecular weight excluding hydrogens is 314 g/mol. The van der Waals surface area contributed by atoms with E-state index in [4.69, 9.17) is 0 Å². The van der Waals surface area contributed by atoms with E-state index >= 15 is 0 Å². The van der Waals surface area contributed by atoms with Crippen LogP contribution in [0.3, 0.4) is 0 Å². The fourth-order valence-corrected chi connectivity index (χ4v) is 3.59. The minimum atomic E-state index is -0.482. The number of hydrogen-bond donors (Lipinski definition) is 3. The molecule has 1 saturated carbocycles. The highest BCUT2D eigenvalue weighted by atomic mass is 16.2. The van der Waals surface area contributed by atoms with E-state index in [1.54, 1.807) is 0 Å². The Hall–Kier alpha value is -1.88. The highest BCUT2D eigenvalue weighted by Crippen LogP contribution is 2.33. The largest absolute Gasteiger partial charge is 0.341 e. The van der Waals surface area contributed by atoms with Crippen LogP contribution in [0.15, 0.2) is 24.3 Å². The van der Waals surface area contributed by atoms with Gasteiger partial charge in [-0.25, -0.2) is 4.79 Å². The van der Waals surface area contributed by atoms with Crippen molar-refractivity contribution >= 4 is 11.9 Å². The number of benzene rings is 1. The second kappa shape index (κ2) is 9.56. The number of amides is 3. The van der Waals surface area contributed by atoms with Crippen LogP contribution in [-0.4, -0.2) is 25.5 Å². The van der Waals surface area contributed by atoms with Gasteiger partial charge in [0, 0.05) is 13.1 Å². The van der Waals surface area contributed by atoms with Gasteiger partial charge in [-0.2, -0.15) is 0 Å². The van der Waals surface area contributed by atoms with Gasteiger partial charge in [-0.1, -0.05) is 57.4 Å². The molecule has 0 spiro atoms. The van der Waals surface area contributed by atoms with Crippen LogP contribution < -0.4 is 16.0 Å². The van der Waals surface area contributed by atoms with Crippen molar-refractivity contribution in [2.45, 2.75) is 57.9 Å². The van der Waals surface area contributed by atoms with Crippen LogP contribution in [0.4, 0.5) is 4.79 Å². The molecule has 3 N–H and O–H groups in total. The van der Waals surface area contributed by atoms with E-state index in [0.717, 1.165) is 0 Å². The van der Waals surface area contributed by atoms with Crippen LogP contribution in [0.25, 0.3) is 0 Å². The average Bonchev–Trinajstić information content (AvgIpc) is 2.62. The molecule has 5 heteroatoms. The summed E-state index contributed by atoms with van der Waals surface area (Å²) < 4.78 is 0. The highest BCUT2D eigenvalue weighted by Gasteiger charge is 2.19. The van der Waals surface area contributed by atoms with Gasteiger partial charge in [-0.3, -0.25) is 10.1 Å². The van der Waals surface area contributed by atoms with Gasteiger partial charge < -0.3 is 10.6 Å². The summed E-state index contributed by atoms with van der Waals surface area (Å²) >= 11 is 0. The molecule has 5 nitrogen and oxygen atoms in total. The first-order chi connectivity index (χ1) is 12.0. The zero-order valence-electron chi connectivity index (χ0n) is 15.6. The van der Waals surface area contributed by atoms with E-state index in [1.165, 1.54) is 50.3 Å². The van der Waals surface area contributed by atoms with Crippen molar-refractivity contribution in [3.05, 3.63) is 35.4 Å². The molecule has 1 atom stereocenters. The molecule has 2 rings (SSSR count). The lowest BCUT2D eigenvalue weighted by Gasteiger charge is -2.25. The first kappa shape index (κ1) is 19.4. The van der Waals surface area contributed by atoms with Gasteiger partial charge in [0.05, 0.1) is 6.54 Å². The lowest BCUT2D eigenvalue weighted by Crippen LogP contribution is -2.43. The molecule has 25 heavy (non-hydrogen) atoms. The summed E-state index contributed by atoms with van der Waals surface area (Å²) in [6.07, 6.45) is 6.63. The smallest absolute Gasteiger partial charge is 0.321 e. The zero-order chi connectivity index (χ0) is 18.2. The molecular formula is C20H31N3O2. The molecule has 0 unspecified atom stereocenters. The fraction of sp³-hybridized carbons (Fsp3) is 0.600. The molecule has 0 radical (unpaired) electrons. The van der Waals surface area contributed by atoms with Crippen LogP contribution in [-0.2, 0) is 4.79 Å². The quantitative estimate of drug-likeness (QED) is 0.739. The van der Waals surface area contributed by atoms with Gasteiger partial charge in [-0.15, -0.1) is 0 Å². The van der Waals surface area contributed by atoms with Crippen LogP contribution in [0.2, 0.25) is 0 Å². The minimum Gasteiger partial charge on any atom is -0.341 e. The Bertz CT molecular complexity index is 563. The summed E-state index contributed by atoms with van der Waals surface area (Å²) in [5.74, 6) is 0.712. The summed E-state index contributed by atoms with van der Waals surface area (Å²) in [5, 5.41) is 7.92. The predicted octanol–water partition coefficient (Wildman–Crippen LogP) is 3.48. The second-order valence-corrected chi connectivity index (χ2v) is 7.23. The maximum Gasteiger partial charge on any atom is 0.321 e. The van der Waals surface area contributed by atoms with Crippen LogP contribution in [0, 0.1) is 5.92 Å². The molecule has 0 saturated heterocycles. The molecule has 0 aromatic heterocycles. The molecule has 1 aliphatic carbocycles. The van der Waals surface area contributed by atoms with Gasteiger partial charge >= 0.3 is 6.03 Å². The predicted molar refractivity (Wildman–Crippen MR) is 100 cm³/mol. The lowest BCUT2D eigenvalue weighted by molar-refractivity contribution is -0.119. The summed E-state index contributed by atoms with van der Waals surface area (Å²) in [6.45, 7) is 4.37. The van der Waals surface area contributed by atoms with E-state index in [1.807, 2.05) is 0 Å². The fourth-order valence-electron chi connectivity index (χ4n) is 3.59. The number of rotatable bonds is 6. The number of carbonyl (C=O) groups excluding carboxylic acids is 2. The van der Waals surface area contributed by atoms with Crippen molar-refractivity contribution in [2.24, 2.45) is 5.92 Å². The topological polar surface area (TPSA) is 70.2 Å². The van der Waals surface area contributed by atoms with Gasteiger partial charge in [0.2, 0.25) is 5.91 Å². The molecule has 1 fully saturated rings. The summed E-state index contributed by atoms with van der Waals surface area (Å²) in [6, 6.07) is 8.44. The van der Waals surface area contributed by atoms with E-state index in [2.05, 4.69) is 54.1 Å². The number of nitrogens with one attached hydrogen (secondary N) is 3. The Morgan fingerprint density at radius 2 is 1.72 bits per heavy atom. The van der Waals surface area contributed by atoms with Crippen LogP contribution in [0.5, 0.6) is 0 Å². The number of carbonyl (C=O) groups is 2. The molecule has 0 heterocycles. The summed E-state index contributed by atoms with van der Waals surface area (Å²) in [7, 11) is 1.49. The third kappa shape index (κ3) is 5.85. The van der Waals surface area contributed by atoms with Crippen molar-refractivity contribution in [3.63, 3.8) is 0 Å². The van der Waals surface area contributed by atoms with Gasteiger partial charge in [0.25, 0.3) is 0 Å². The van der Waals surface area contributed by atoms with E-state index in [0.29, 0.717) is 11.8 Å². The molecule has 1 aliphatic rings. The van der Waals surface area contributed by atoms with E-state index < -0.39 is 6.03 Å². The Morgan fingerprint density at radius 3 is 2.28 bits per heavy atom. The van der Waals surface area contributed by atoms with Gasteiger partial charge in [0.1, 0.15) is 0 Å². The van der Waals surface area contributed by atoms with Crippen molar-refractivity contribution in [2.75, 3.05) is 13.6 Å². The SMILES string of the molecule is CNC(=O)NC(=O)CN[C@H](c1ccc(C2CCCCC2)cc1)C(C)C. The van der Waals surface area contributed by atoms with Gasteiger partial charge in [-0.05, 0) is 35.8 Å². The Morgan fingerprint density at radius 1 is 1.08 bits per heavy atom. The Balaban J connectivity index is 1.97.